The summed E-state index contributed by atoms with van der Waals surface area (Å²) >= 11 is 0. The third-order valence-electron chi connectivity index (χ3n) is 2.04. The smallest absolute Gasteiger partial charge is 0.374 e. The maximum absolute atomic E-state index is 11.1. The van der Waals surface area contributed by atoms with Crippen molar-refractivity contribution < 1.29 is 14.3 Å². The van der Waals surface area contributed by atoms with Crippen molar-refractivity contribution in [2.24, 2.45) is 0 Å². The van der Waals surface area contributed by atoms with Crippen molar-refractivity contribution >= 4 is 11.8 Å². The molecule has 1 rings (SSSR count). The van der Waals surface area contributed by atoms with Crippen LogP contribution >= 0.6 is 0 Å². The zero-order chi connectivity index (χ0) is 10.6. The Balaban J connectivity index is 2.72. The number of esters is 1. The van der Waals surface area contributed by atoms with Gasteiger partial charge in [0.25, 0.3) is 0 Å². The van der Waals surface area contributed by atoms with Crippen molar-refractivity contribution in [3.63, 3.8) is 0 Å². The van der Waals surface area contributed by atoms with Gasteiger partial charge in [0.2, 0.25) is 5.76 Å². The van der Waals surface area contributed by atoms with Crippen LogP contribution in [0.4, 0.5) is 0 Å². The van der Waals surface area contributed by atoms with Crippen molar-refractivity contribution in [3.05, 3.63) is 12.0 Å². The Labute approximate surface area is 82.8 Å². The van der Waals surface area contributed by atoms with Gasteiger partial charge >= 0.3 is 5.97 Å². The summed E-state index contributed by atoms with van der Waals surface area (Å²) in [7, 11) is 2.70. The molecule has 5 nitrogen and oxygen atoms in total. The van der Waals surface area contributed by atoms with Gasteiger partial charge in [-0.3, -0.25) is 5.41 Å². The van der Waals surface area contributed by atoms with Crippen molar-refractivity contribution in [1.82, 2.24) is 4.90 Å². The molecule has 0 atom stereocenters. The van der Waals surface area contributed by atoms with E-state index < -0.39 is 5.97 Å². The molecule has 0 radical (unpaired) electrons. The van der Waals surface area contributed by atoms with Crippen LogP contribution in [-0.4, -0.2) is 37.5 Å². The van der Waals surface area contributed by atoms with Gasteiger partial charge in [0.1, 0.15) is 0 Å². The van der Waals surface area contributed by atoms with Crippen LogP contribution in [0.25, 0.3) is 0 Å². The Kier molecular flexibility index (Phi) is 3.50. The van der Waals surface area contributed by atoms with E-state index in [0.29, 0.717) is 5.84 Å². The van der Waals surface area contributed by atoms with Gasteiger partial charge in [-0.1, -0.05) is 0 Å². The summed E-state index contributed by atoms with van der Waals surface area (Å²) in [6.07, 6.45) is 3.20. The molecule has 0 saturated carbocycles. The van der Waals surface area contributed by atoms with Crippen molar-refractivity contribution in [2.75, 3.05) is 20.8 Å². The van der Waals surface area contributed by atoms with Crippen LogP contribution < -0.4 is 0 Å². The number of rotatable bonds is 3. The predicted molar refractivity (Wildman–Crippen MR) is 50.8 cm³/mol. The minimum atomic E-state index is -0.521. The maximum Gasteiger partial charge on any atom is 0.374 e. The molecular weight excluding hydrogens is 184 g/mol. The fraction of sp³-hybridized carbons (Fsp3) is 0.556. The zero-order valence-corrected chi connectivity index (χ0v) is 8.37. The molecule has 1 N–H and O–H groups in total. The SMILES string of the molecule is COC(=O)/C(=C/N1CCCC1=N)OC. The fourth-order valence-corrected chi connectivity index (χ4v) is 1.27. The summed E-state index contributed by atoms with van der Waals surface area (Å²) in [6, 6.07) is 0. The number of methoxy groups -OCH3 is 2. The molecule has 0 aromatic rings. The lowest BCUT2D eigenvalue weighted by molar-refractivity contribution is -0.139. The highest BCUT2D eigenvalue weighted by Crippen LogP contribution is 2.12. The zero-order valence-electron chi connectivity index (χ0n) is 8.37. The van der Waals surface area contributed by atoms with Crippen LogP contribution in [0.1, 0.15) is 12.8 Å². The quantitative estimate of drug-likeness (QED) is 0.412. The number of hydrogen-bond acceptors (Lipinski definition) is 4. The molecule has 14 heavy (non-hydrogen) atoms. The first-order valence-corrected chi connectivity index (χ1v) is 4.37. The first kappa shape index (κ1) is 10.6. The Bertz CT molecular complexity index is 273. The van der Waals surface area contributed by atoms with Gasteiger partial charge in [-0.15, -0.1) is 0 Å². The first-order chi connectivity index (χ1) is 6.69. The van der Waals surface area contributed by atoms with Crippen LogP contribution in [0.3, 0.4) is 0 Å². The molecule has 78 valence electrons. The lowest BCUT2D eigenvalue weighted by Crippen LogP contribution is -2.20. The van der Waals surface area contributed by atoms with Crippen molar-refractivity contribution in [1.29, 1.82) is 5.41 Å². The minimum absolute atomic E-state index is 0.124. The first-order valence-electron chi connectivity index (χ1n) is 4.37. The Morgan fingerprint density at radius 2 is 2.21 bits per heavy atom. The molecule has 0 aromatic heterocycles. The summed E-state index contributed by atoms with van der Waals surface area (Å²) in [6.45, 7) is 0.753. The average molecular weight is 198 g/mol. The topological polar surface area (TPSA) is 62.6 Å². The highest BCUT2D eigenvalue weighted by molar-refractivity contribution is 5.88. The van der Waals surface area contributed by atoms with E-state index in [1.165, 1.54) is 20.4 Å². The molecule has 1 aliphatic heterocycles. The van der Waals surface area contributed by atoms with Gasteiger partial charge in [0.15, 0.2) is 0 Å². The largest absolute Gasteiger partial charge is 0.489 e. The highest BCUT2D eigenvalue weighted by atomic mass is 16.6. The Morgan fingerprint density at radius 1 is 1.50 bits per heavy atom. The Hall–Kier alpha value is -1.52. The van der Waals surface area contributed by atoms with Crippen LogP contribution in [0.2, 0.25) is 0 Å². The third-order valence-corrected chi connectivity index (χ3v) is 2.04. The molecule has 1 saturated heterocycles. The molecule has 1 heterocycles. The summed E-state index contributed by atoms with van der Waals surface area (Å²) < 4.78 is 9.38. The van der Waals surface area contributed by atoms with Gasteiger partial charge in [0, 0.05) is 13.0 Å². The normalized spacial score (nSPS) is 17.1. The standard InChI is InChI=1S/C9H14N2O3/c1-13-7(9(12)14-2)6-11-5-3-4-8(11)10/h6,10H,3-5H2,1-2H3/b7-6-,10-8?. The van der Waals surface area contributed by atoms with Gasteiger partial charge in [-0.2, -0.15) is 0 Å². The lowest BCUT2D eigenvalue weighted by atomic mass is 10.4. The van der Waals surface area contributed by atoms with Gasteiger partial charge in [0.05, 0.1) is 26.3 Å². The second-order valence-electron chi connectivity index (χ2n) is 2.93. The number of hydrogen-bond donors (Lipinski definition) is 1. The van der Waals surface area contributed by atoms with E-state index in [-0.39, 0.29) is 5.76 Å². The van der Waals surface area contributed by atoms with E-state index in [0.717, 1.165) is 19.4 Å². The van der Waals surface area contributed by atoms with Gasteiger partial charge < -0.3 is 14.4 Å². The molecule has 1 fully saturated rings. The second-order valence-corrected chi connectivity index (χ2v) is 2.93. The van der Waals surface area contributed by atoms with E-state index in [1.807, 2.05) is 0 Å². The molecule has 1 aliphatic rings. The molecule has 0 spiro atoms. The molecule has 5 heteroatoms. The van der Waals surface area contributed by atoms with E-state index in [9.17, 15) is 4.79 Å². The summed E-state index contributed by atoms with van der Waals surface area (Å²) in [5, 5.41) is 7.55. The fourth-order valence-electron chi connectivity index (χ4n) is 1.27. The van der Waals surface area contributed by atoms with Crippen molar-refractivity contribution in [2.45, 2.75) is 12.8 Å². The molecule has 0 amide bonds. The van der Waals surface area contributed by atoms with Gasteiger partial charge in [-0.25, -0.2) is 4.79 Å². The molecule has 0 bridgehead atoms. The summed E-state index contributed by atoms with van der Waals surface area (Å²) in [5.41, 5.74) is 0. The molecule has 0 unspecified atom stereocenters. The van der Waals surface area contributed by atoms with E-state index >= 15 is 0 Å². The number of carbonyl (C=O) groups is 1. The maximum atomic E-state index is 11.1. The number of carbonyl (C=O) groups excluding carboxylic acids is 1. The summed E-state index contributed by atoms with van der Waals surface area (Å²) in [5.74, 6) is 0.106. The average Bonchev–Trinajstić information content (AvgIpc) is 2.59. The highest BCUT2D eigenvalue weighted by Gasteiger charge is 2.18. The minimum Gasteiger partial charge on any atom is -0.489 e. The number of ether oxygens (including phenoxy) is 2. The number of nitrogens with one attached hydrogen (secondary N) is 1. The molecule has 0 aliphatic carbocycles. The monoisotopic (exact) mass is 198 g/mol. The summed E-state index contributed by atoms with van der Waals surface area (Å²) in [4.78, 5) is 12.8. The second kappa shape index (κ2) is 4.64. The molecular formula is C9H14N2O3. The lowest BCUT2D eigenvalue weighted by Gasteiger charge is -2.13. The third kappa shape index (κ3) is 2.25. The van der Waals surface area contributed by atoms with Crippen LogP contribution in [0.15, 0.2) is 12.0 Å². The van der Waals surface area contributed by atoms with Crippen LogP contribution in [0, 0.1) is 5.41 Å². The van der Waals surface area contributed by atoms with Crippen LogP contribution in [0.5, 0.6) is 0 Å². The van der Waals surface area contributed by atoms with E-state index in [2.05, 4.69) is 4.74 Å². The van der Waals surface area contributed by atoms with E-state index in [1.54, 1.807) is 4.90 Å². The Morgan fingerprint density at radius 3 is 2.64 bits per heavy atom. The van der Waals surface area contributed by atoms with Crippen molar-refractivity contribution in [3.8, 4) is 0 Å². The predicted octanol–water partition coefficient (Wildman–Crippen LogP) is 0.720. The number of likely N-dealkylation sites (tertiary alicyclic amines) is 1. The number of amidine groups is 1. The number of nitrogens with zero attached hydrogens (tertiary/aromatic N) is 1. The molecule has 0 aromatic carbocycles. The van der Waals surface area contributed by atoms with Gasteiger partial charge in [-0.05, 0) is 6.42 Å². The van der Waals surface area contributed by atoms with E-state index in [4.69, 9.17) is 10.1 Å². The van der Waals surface area contributed by atoms with Crippen LogP contribution in [-0.2, 0) is 14.3 Å².